The number of hydrogen-bond acceptors (Lipinski definition) is 2. The molecule has 0 aliphatic heterocycles. The molecule has 0 fully saturated rings. The van der Waals surface area contributed by atoms with Crippen molar-refractivity contribution in [1.29, 1.82) is 0 Å². The summed E-state index contributed by atoms with van der Waals surface area (Å²) in [6.45, 7) is 4.84. The largest absolute Gasteiger partial charge is 0.464 e. The Hall–Kier alpha value is -0.740. The molecule has 1 aromatic carbocycles. The zero-order valence-corrected chi connectivity index (χ0v) is 13.6. The lowest BCUT2D eigenvalue weighted by molar-refractivity contribution is 0.476. The molecule has 1 aromatic heterocycles. The van der Waals surface area contributed by atoms with E-state index in [2.05, 4.69) is 63.2 Å². The van der Waals surface area contributed by atoms with Crippen LogP contribution in [0.5, 0.6) is 0 Å². The van der Waals surface area contributed by atoms with E-state index < -0.39 is 0 Å². The van der Waals surface area contributed by atoms with Crippen molar-refractivity contribution in [1.82, 2.24) is 0 Å². The van der Waals surface area contributed by atoms with Crippen LogP contribution in [0.1, 0.15) is 24.0 Å². The number of anilines is 1. The Kier molecular flexibility index (Phi) is 4.51. The summed E-state index contributed by atoms with van der Waals surface area (Å²) < 4.78 is 7.77. The third-order valence-corrected chi connectivity index (χ3v) is 3.94. The van der Waals surface area contributed by atoms with Crippen LogP contribution in [0.15, 0.2) is 37.6 Å². The third kappa shape index (κ3) is 3.18. The molecule has 0 saturated heterocycles. The lowest BCUT2D eigenvalue weighted by atomic mass is 10.2. The van der Waals surface area contributed by atoms with Crippen LogP contribution in [0.25, 0.3) is 0 Å². The molecule has 0 amide bonds. The minimum atomic E-state index is 0.681. The quantitative estimate of drug-likeness (QED) is 0.788. The summed E-state index contributed by atoms with van der Waals surface area (Å²) >= 11 is 7.13. The molecule has 0 aliphatic rings. The van der Waals surface area contributed by atoms with Crippen LogP contribution in [-0.4, -0.2) is 0 Å². The summed E-state index contributed by atoms with van der Waals surface area (Å²) in [7, 11) is 0. The first kappa shape index (κ1) is 13.7. The van der Waals surface area contributed by atoms with Crippen molar-refractivity contribution in [2.45, 2.75) is 26.8 Å². The lowest BCUT2D eigenvalue weighted by Crippen LogP contribution is -2.00. The summed E-state index contributed by atoms with van der Waals surface area (Å²) in [6.07, 6.45) is 0.928. The maximum Gasteiger partial charge on any atom is 0.123 e. The molecule has 0 saturated carbocycles. The van der Waals surface area contributed by atoms with E-state index in [1.807, 2.05) is 12.1 Å². The Labute approximate surface area is 124 Å². The highest BCUT2D eigenvalue weighted by molar-refractivity contribution is 9.11. The zero-order valence-electron chi connectivity index (χ0n) is 10.4. The van der Waals surface area contributed by atoms with Crippen molar-refractivity contribution < 1.29 is 4.42 Å². The lowest BCUT2D eigenvalue weighted by Gasteiger charge is -2.10. The van der Waals surface area contributed by atoms with Gasteiger partial charge in [-0.15, -0.1) is 0 Å². The second-order valence-electron chi connectivity index (χ2n) is 4.18. The molecule has 1 N–H and O–H groups in total. The maximum absolute atomic E-state index is 5.66. The van der Waals surface area contributed by atoms with Gasteiger partial charge in [-0.05, 0) is 68.6 Å². The van der Waals surface area contributed by atoms with Crippen LogP contribution in [0.2, 0.25) is 0 Å². The Balaban J connectivity index is 2.10. The average molecular weight is 373 g/mol. The Morgan fingerprint density at radius 1 is 1.11 bits per heavy atom. The standard InChI is InChI=1S/C14H15Br2NO/c1-3-10-4-5-11(18-10)8-17-14-12(15)6-9(2)7-13(14)16/h4-7,17H,3,8H2,1-2H3. The van der Waals surface area contributed by atoms with Gasteiger partial charge in [-0.25, -0.2) is 0 Å². The molecule has 0 spiro atoms. The van der Waals surface area contributed by atoms with Crippen LogP contribution in [-0.2, 0) is 13.0 Å². The summed E-state index contributed by atoms with van der Waals surface area (Å²) in [5.74, 6) is 1.97. The monoisotopic (exact) mass is 371 g/mol. The zero-order chi connectivity index (χ0) is 13.1. The molecule has 2 aromatic rings. The first-order chi connectivity index (χ1) is 8.60. The van der Waals surface area contributed by atoms with Gasteiger partial charge >= 0.3 is 0 Å². The van der Waals surface area contributed by atoms with Gasteiger partial charge in [0.15, 0.2) is 0 Å². The smallest absolute Gasteiger partial charge is 0.123 e. The van der Waals surface area contributed by atoms with E-state index in [0.29, 0.717) is 6.54 Å². The van der Waals surface area contributed by atoms with E-state index in [1.54, 1.807) is 0 Å². The summed E-state index contributed by atoms with van der Waals surface area (Å²) in [4.78, 5) is 0. The van der Waals surface area contributed by atoms with E-state index in [-0.39, 0.29) is 0 Å². The third-order valence-electron chi connectivity index (χ3n) is 2.69. The molecule has 1 heterocycles. The molecular formula is C14H15Br2NO. The molecule has 96 valence electrons. The molecule has 0 unspecified atom stereocenters. The van der Waals surface area contributed by atoms with Crippen molar-refractivity contribution >= 4 is 37.5 Å². The van der Waals surface area contributed by atoms with Gasteiger partial charge in [0.1, 0.15) is 11.5 Å². The average Bonchev–Trinajstić information content (AvgIpc) is 2.75. The Bertz CT molecular complexity index is 525. The predicted octanol–water partition coefficient (Wildman–Crippen LogP) is 5.29. The molecule has 0 radical (unpaired) electrons. The van der Waals surface area contributed by atoms with Gasteiger partial charge in [-0.3, -0.25) is 0 Å². The SMILES string of the molecule is CCc1ccc(CNc2c(Br)cc(C)cc2Br)o1. The second-order valence-corrected chi connectivity index (χ2v) is 5.89. The second kappa shape index (κ2) is 5.93. The van der Waals surface area contributed by atoms with Crippen molar-refractivity contribution in [2.24, 2.45) is 0 Å². The molecule has 0 atom stereocenters. The summed E-state index contributed by atoms with van der Waals surface area (Å²) in [5, 5.41) is 3.37. The number of halogens is 2. The fourth-order valence-electron chi connectivity index (χ4n) is 1.75. The van der Waals surface area contributed by atoms with Crippen LogP contribution in [0.3, 0.4) is 0 Å². The molecule has 0 bridgehead atoms. The number of nitrogens with one attached hydrogen (secondary N) is 1. The van der Waals surface area contributed by atoms with Crippen LogP contribution in [0, 0.1) is 6.92 Å². The fourth-order valence-corrected chi connectivity index (χ4v) is 3.45. The predicted molar refractivity (Wildman–Crippen MR) is 82.0 cm³/mol. The topological polar surface area (TPSA) is 25.2 Å². The van der Waals surface area contributed by atoms with Gasteiger partial charge < -0.3 is 9.73 Å². The highest BCUT2D eigenvalue weighted by Gasteiger charge is 2.07. The first-order valence-electron chi connectivity index (χ1n) is 5.87. The van der Waals surface area contributed by atoms with Gasteiger partial charge in [0.25, 0.3) is 0 Å². The van der Waals surface area contributed by atoms with Crippen molar-refractivity contribution in [2.75, 3.05) is 5.32 Å². The minimum absolute atomic E-state index is 0.681. The van der Waals surface area contributed by atoms with E-state index in [0.717, 1.165) is 32.6 Å². The van der Waals surface area contributed by atoms with Crippen LogP contribution < -0.4 is 5.32 Å². The molecule has 18 heavy (non-hydrogen) atoms. The minimum Gasteiger partial charge on any atom is -0.464 e. The first-order valence-corrected chi connectivity index (χ1v) is 7.46. The Morgan fingerprint density at radius 2 is 1.72 bits per heavy atom. The fraction of sp³-hybridized carbons (Fsp3) is 0.286. The van der Waals surface area contributed by atoms with Crippen LogP contribution in [0.4, 0.5) is 5.69 Å². The van der Waals surface area contributed by atoms with Gasteiger partial charge in [-0.2, -0.15) is 0 Å². The summed E-state index contributed by atoms with van der Waals surface area (Å²) in [6, 6.07) is 8.22. The number of rotatable bonds is 4. The maximum atomic E-state index is 5.66. The number of furan rings is 1. The van der Waals surface area contributed by atoms with Gasteiger partial charge in [0, 0.05) is 15.4 Å². The normalized spacial score (nSPS) is 10.7. The molecule has 2 nitrogen and oxygen atoms in total. The molecule has 4 heteroatoms. The highest BCUT2D eigenvalue weighted by atomic mass is 79.9. The van der Waals surface area contributed by atoms with Crippen molar-refractivity contribution in [3.05, 3.63) is 50.3 Å². The molecule has 0 aliphatic carbocycles. The van der Waals surface area contributed by atoms with Crippen molar-refractivity contribution in [3.63, 3.8) is 0 Å². The van der Waals surface area contributed by atoms with Gasteiger partial charge in [0.2, 0.25) is 0 Å². The van der Waals surface area contributed by atoms with E-state index in [9.17, 15) is 0 Å². The highest BCUT2D eigenvalue weighted by Crippen LogP contribution is 2.32. The van der Waals surface area contributed by atoms with E-state index in [4.69, 9.17) is 4.42 Å². The van der Waals surface area contributed by atoms with Crippen LogP contribution >= 0.6 is 31.9 Å². The molecule has 2 rings (SSSR count). The van der Waals surface area contributed by atoms with E-state index in [1.165, 1.54) is 5.56 Å². The van der Waals surface area contributed by atoms with Gasteiger partial charge in [0.05, 0.1) is 12.2 Å². The number of benzene rings is 1. The van der Waals surface area contributed by atoms with E-state index >= 15 is 0 Å². The van der Waals surface area contributed by atoms with Crippen molar-refractivity contribution in [3.8, 4) is 0 Å². The summed E-state index contributed by atoms with van der Waals surface area (Å²) in [5.41, 5.74) is 2.26. The molecular weight excluding hydrogens is 358 g/mol. The number of hydrogen-bond donors (Lipinski definition) is 1. The Morgan fingerprint density at radius 3 is 2.28 bits per heavy atom. The van der Waals surface area contributed by atoms with Gasteiger partial charge in [-0.1, -0.05) is 6.92 Å². The number of aryl methyl sites for hydroxylation is 2.